The second-order valence-electron chi connectivity index (χ2n) is 6.60. The zero-order valence-corrected chi connectivity index (χ0v) is 16.1. The SMILES string of the molecule is Cl.Clc1ccc(OCc2ccccc2)c(CNC2CCCCCC2)c1. The van der Waals surface area contributed by atoms with E-state index in [-0.39, 0.29) is 12.4 Å². The van der Waals surface area contributed by atoms with E-state index in [1.54, 1.807) is 0 Å². The normalized spacial score (nSPS) is 15.2. The van der Waals surface area contributed by atoms with Crippen LogP contribution in [-0.4, -0.2) is 6.04 Å². The topological polar surface area (TPSA) is 21.3 Å². The Balaban J connectivity index is 0.00000225. The Kier molecular flexibility index (Phi) is 8.60. The molecule has 1 saturated carbocycles. The molecule has 1 fully saturated rings. The molecule has 0 amide bonds. The molecule has 2 aromatic carbocycles. The lowest BCUT2D eigenvalue weighted by molar-refractivity contribution is 0.301. The third-order valence-electron chi connectivity index (χ3n) is 4.70. The Labute approximate surface area is 162 Å². The van der Waals surface area contributed by atoms with Crippen LogP contribution in [0.2, 0.25) is 5.02 Å². The van der Waals surface area contributed by atoms with Gasteiger partial charge >= 0.3 is 0 Å². The molecule has 1 N–H and O–H groups in total. The first-order chi connectivity index (χ1) is 11.8. The van der Waals surface area contributed by atoms with Crippen molar-refractivity contribution in [3.05, 3.63) is 64.7 Å². The molecule has 4 heteroatoms. The molecule has 0 bridgehead atoms. The summed E-state index contributed by atoms with van der Waals surface area (Å²) in [4.78, 5) is 0. The molecule has 25 heavy (non-hydrogen) atoms. The Bertz CT molecular complexity index is 625. The van der Waals surface area contributed by atoms with Gasteiger partial charge in [-0.15, -0.1) is 12.4 Å². The van der Waals surface area contributed by atoms with Gasteiger partial charge in [0, 0.05) is 23.2 Å². The van der Waals surface area contributed by atoms with Crippen molar-refractivity contribution >= 4 is 24.0 Å². The van der Waals surface area contributed by atoms with Crippen LogP contribution in [0.5, 0.6) is 5.75 Å². The molecule has 2 aromatic rings. The van der Waals surface area contributed by atoms with Gasteiger partial charge in [0.25, 0.3) is 0 Å². The van der Waals surface area contributed by atoms with Crippen LogP contribution in [0.4, 0.5) is 0 Å². The van der Waals surface area contributed by atoms with E-state index < -0.39 is 0 Å². The van der Waals surface area contributed by atoms with E-state index >= 15 is 0 Å². The lowest BCUT2D eigenvalue weighted by Crippen LogP contribution is -2.28. The molecular weight excluding hydrogens is 353 g/mol. The van der Waals surface area contributed by atoms with E-state index in [0.29, 0.717) is 12.6 Å². The first-order valence-electron chi connectivity index (χ1n) is 9.00. The molecule has 0 aromatic heterocycles. The van der Waals surface area contributed by atoms with E-state index in [0.717, 1.165) is 22.9 Å². The van der Waals surface area contributed by atoms with Crippen LogP contribution in [0.15, 0.2) is 48.5 Å². The Hall–Kier alpha value is -1.22. The molecule has 3 rings (SSSR count). The third-order valence-corrected chi connectivity index (χ3v) is 4.93. The maximum atomic E-state index is 6.20. The largest absolute Gasteiger partial charge is 0.489 e. The quantitative estimate of drug-likeness (QED) is 0.607. The lowest BCUT2D eigenvalue weighted by atomic mass is 10.1. The van der Waals surface area contributed by atoms with Crippen molar-refractivity contribution in [3.8, 4) is 5.75 Å². The molecule has 0 unspecified atom stereocenters. The predicted octanol–water partition coefficient (Wildman–Crippen LogP) is 6.15. The average Bonchev–Trinajstić information content (AvgIpc) is 2.89. The van der Waals surface area contributed by atoms with Crippen LogP contribution in [0.3, 0.4) is 0 Å². The lowest BCUT2D eigenvalue weighted by Gasteiger charge is -2.18. The van der Waals surface area contributed by atoms with Crippen molar-refractivity contribution in [2.75, 3.05) is 0 Å². The van der Waals surface area contributed by atoms with Crippen LogP contribution in [0.25, 0.3) is 0 Å². The van der Waals surface area contributed by atoms with Gasteiger partial charge in [-0.25, -0.2) is 0 Å². The monoisotopic (exact) mass is 379 g/mol. The van der Waals surface area contributed by atoms with Crippen molar-refractivity contribution in [1.82, 2.24) is 5.32 Å². The number of hydrogen-bond donors (Lipinski definition) is 1. The molecule has 1 aliphatic carbocycles. The maximum absolute atomic E-state index is 6.20. The first kappa shape index (κ1) is 20.1. The highest BCUT2D eigenvalue weighted by molar-refractivity contribution is 6.30. The van der Waals surface area contributed by atoms with Gasteiger partial charge in [-0.3, -0.25) is 0 Å². The van der Waals surface area contributed by atoms with E-state index in [1.807, 2.05) is 36.4 Å². The summed E-state index contributed by atoms with van der Waals surface area (Å²) in [5, 5.41) is 4.47. The minimum Gasteiger partial charge on any atom is -0.489 e. The second-order valence-corrected chi connectivity index (χ2v) is 7.03. The summed E-state index contributed by atoms with van der Waals surface area (Å²) in [6.07, 6.45) is 7.98. The molecular formula is C21H27Cl2NO. The number of nitrogens with one attached hydrogen (secondary N) is 1. The number of halogens is 2. The molecule has 0 saturated heterocycles. The Morgan fingerprint density at radius 3 is 2.40 bits per heavy atom. The fourth-order valence-corrected chi connectivity index (χ4v) is 3.49. The molecule has 0 heterocycles. The van der Waals surface area contributed by atoms with Crippen LogP contribution in [0.1, 0.15) is 49.7 Å². The maximum Gasteiger partial charge on any atom is 0.124 e. The van der Waals surface area contributed by atoms with E-state index in [4.69, 9.17) is 16.3 Å². The fourth-order valence-electron chi connectivity index (χ4n) is 3.30. The van der Waals surface area contributed by atoms with Crippen molar-refractivity contribution in [3.63, 3.8) is 0 Å². The van der Waals surface area contributed by atoms with Crippen LogP contribution < -0.4 is 10.1 Å². The predicted molar refractivity (Wildman–Crippen MR) is 108 cm³/mol. The Morgan fingerprint density at radius 1 is 0.960 bits per heavy atom. The van der Waals surface area contributed by atoms with Gasteiger partial charge in [0.2, 0.25) is 0 Å². The summed E-state index contributed by atoms with van der Waals surface area (Å²) in [6, 6.07) is 16.8. The molecule has 0 atom stereocenters. The molecule has 0 radical (unpaired) electrons. The molecule has 0 aliphatic heterocycles. The summed E-state index contributed by atoms with van der Waals surface area (Å²) in [6.45, 7) is 1.40. The first-order valence-corrected chi connectivity index (χ1v) is 9.37. The van der Waals surface area contributed by atoms with Gasteiger partial charge in [-0.05, 0) is 36.6 Å². The van der Waals surface area contributed by atoms with E-state index in [1.165, 1.54) is 44.1 Å². The highest BCUT2D eigenvalue weighted by Crippen LogP contribution is 2.25. The smallest absolute Gasteiger partial charge is 0.124 e. The number of hydrogen-bond acceptors (Lipinski definition) is 2. The van der Waals surface area contributed by atoms with Crippen molar-refractivity contribution in [1.29, 1.82) is 0 Å². The third kappa shape index (κ3) is 6.54. The van der Waals surface area contributed by atoms with Gasteiger partial charge in [0.1, 0.15) is 12.4 Å². The summed E-state index contributed by atoms with van der Waals surface area (Å²) < 4.78 is 6.04. The minimum atomic E-state index is 0. The number of ether oxygens (including phenoxy) is 1. The van der Waals surface area contributed by atoms with Gasteiger partial charge < -0.3 is 10.1 Å². The highest BCUT2D eigenvalue weighted by atomic mass is 35.5. The van der Waals surface area contributed by atoms with Crippen LogP contribution in [0, 0.1) is 0 Å². The number of benzene rings is 2. The average molecular weight is 380 g/mol. The molecule has 136 valence electrons. The highest BCUT2D eigenvalue weighted by Gasteiger charge is 2.13. The molecule has 2 nitrogen and oxygen atoms in total. The van der Waals surface area contributed by atoms with Crippen LogP contribution in [-0.2, 0) is 13.2 Å². The van der Waals surface area contributed by atoms with Gasteiger partial charge in [0.05, 0.1) is 0 Å². The Morgan fingerprint density at radius 2 is 1.68 bits per heavy atom. The summed E-state index contributed by atoms with van der Waals surface area (Å²) in [5.41, 5.74) is 2.32. The van der Waals surface area contributed by atoms with Crippen molar-refractivity contribution in [2.45, 2.75) is 57.7 Å². The van der Waals surface area contributed by atoms with Gasteiger partial charge in [-0.1, -0.05) is 67.6 Å². The summed E-state index contributed by atoms with van der Waals surface area (Å²) in [5.74, 6) is 0.921. The van der Waals surface area contributed by atoms with E-state index in [2.05, 4.69) is 17.4 Å². The standard InChI is InChI=1S/C21H26ClNO.ClH/c22-19-12-13-21(24-16-17-8-4-3-5-9-17)18(14-19)15-23-20-10-6-1-2-7-11-20;/h3-5,8-9,12-14,20,23H,1-2,6-7,10-11,15-16H2;1H. The minimum absolute atomic E-state index is 0. The molecule has 0 spiro atoms. The fraction of sp³-hybridized carbons (Fsp3) is 0.429. The number of rotatable bonds is 6. The van der Waals surface area contributed by atoms with Gasteiger partial charge in [-0.2, -0.15) is 0 Å². The van der Waals surface area contributed by atoms with Gasteiger partial charge in [0.15, 0.2) is 0 Å². The summed E-state index contributed by atoms with van der Waals surface area (Å²) in [7, 11) is 0. The zero-order valence-electron chi connectivity index (χ0n) is 14.5. The van der Waals surface area contributed by atoms with Crippen molar-refractivity contribution < 1.29 is 4.74 Å². The van der Waals surface area contributed by atoms with Crippen LogP contribution >= 0.6 is 24.0 Å². The molecule has 1 aliphatic rings. The van der Waals surface area contributed by atoms with E-state index in [9.17, 15) is 0 Å². The zero-order chi connectivity index (χ0) is 16.6. The van der Waals surface area contributed by atoms with Crippen molar-refractivity contribution in [2.24, 2.45) is 0 Å². The second kappa shape index (κ2) is 10.7. The summed E-state index contributed by atoms with van der Waals surface area (Å²) >= 11 is 6.20.